The van der Waals surface area contributed by atoms with Crippen LogP contribution in [0, 0.1) is 11.3 Å². The molecule has 0 aliphatic rings. The fourth-order valence-electron chi connectivity index (χ4n) is 1.63. The second-order valence-corrected chi connectivity index (χ2v) is 4.09. The summed E-state index contributed by atoms with van der Waals surface area (Å²) < 4.78 is 5.25. The highest BCUT2D eigenvalue weighted by molar-refractivity contribution is 6.31. The van der Waals surface area contributed by atoms with Crippen molar-refractivity contribution in [1.29, 1.82) is 5.26 Å². The summed E-state index contributed by atoms with van der Waals surface area (Å²) in [6, 6.07) is 9.06. The van der Waals surface area contributed by atoms with Crippen LogP contribution in [0.2, 0.25) is 5.02 Å². The van der Waals surface area contributed by atoms with Gasteiger partial charge in [-0.2, -0.15) is 10.4 Å². The number of ether oxygens (including phenoxy) is 1. The lowest BCUT2D eigenvalue weighted by Crippen LogP contribution is -2.06. The predicted octanol–water partition coefficient (Wildman–Crippen LogP) is 2.62. The smallest absolute Gasteiger partial charge is 0.166 e. The highest BCUT2D eigenvalue weighted by Gasteiger charge is 2.09. The minimum absolute atomic E-state index is 0.399. The van der Waals surface area contributed by atoms with Gasteiger partial charge in [-0.05, 0) is 18.2 Å². The number of hydrogen-bond acceptors (Lipinski definition) is 5. The lowest BCUT2D eigenvalue weighted by molar-refractivity contribution is 0.410. The SMILES string of the molecule is COc1cccc(Cl)c1CNc1nnccc1C#N. The van der Waals surface area contributed by atoms with Crippen molar-refractivity contribution in [3.63, 3.8) is 0 Å². The van der Waals surface area contributed by atoms with Gasteiger partial charge in [0, 0.05) is 17.1 Å². The van der Waals surface area contributed by atoms with Crippen LogP contribution in [-0.2, 0) is 6.54 Å². The molecule has 1 aromatic carbocycles. The van der Waals surface area contributed by atoms with Crippen molar-refractivity contribution in [3.05, 3.63) is 46.6 Å². The van der Waals surface area contributed by atoms with Crippen LogP contribution < -0.4 is 10.1 Å². The zero-order valence-corrected chi connectivity index (χ0v) is 11.0. The number of rotatable bonds is 4. The zero-order chi connectivity index (χ0) is 13.7. The minimum atomic E-state index is 0.399. The number of nitrogens with one attached hydrogen (secondary N) is 1. The molecular weight excluding hydrogens is 264 g/mol. The Morgan fingerprint density at radius 2 is 2.26 bits per heavy atom. The summed E-state index contributed by atoms with van der Waals surface area (Å²) in [5, 5.41) is 20.2. The van der Waals surface area contributed by atoms with Gasteiger partial charge in [0.15, 0.2) is 5.82 Å². The number of anilines is 1. The first-order chi connectivity index (χ1) is 9.26. The van der Waals surface area contributed by atoms with Crippen molar-refractivity contribution in [2.75, 3.05) is 12.4 Å². The van der Waals surface area contributed by atoms with Gasteiger partial charge in [-0.1, -0.05) is 17.7 Å². The second-order valence-electron chi connectivity index (χ2n) is 3.68. The Balaban J connectivity index is 2.22. The standard InChI is InChI=1S/C13H11ClN4O/c1-19-12-4-2-3-11(14)10(12)8-16-13-9(7-15)5-6-17-18-13/h2-6H,8H2,1H3,(H,16,18). The third kappa shape index (κ3) is 2.92. The van der Waals surface area contributed by atoms with Crippen LogP contribution in [0.1, 0.15) is 11.1 Å². The molecule has 0 unspecified atom stereocenters. The number of benzene rings is 1. The molecule has 6 heteroatoms. The molecule has 0 aliphatic carbocycles. The maximum atomic E-state index is 8.96. The molecular formula is C13H11ClN4O. The summed E-state index contributed by atoms with van der Waals surface area (Å²) in [5.74, 6) is 1.11. The number of halogens is 1. The van der Waals surface area contributed by atoms with E-state index >= 15 is 0 Å². The van der Waals surface area contributed by atoms with Crippen molar-refractivity contribution in [2.24, 2.45) is 0 Å². The van der Waals surface area contributed by atoms with E-state index in [-0.39, 0.29) is 0 Å². The summed E-state index contributed by atoms with van der Waals surface area (Å²) in [6.45, 7) is 0.399. The van der Waals surface area contributed by atoms with E-state index in [1.165, 1.54) is 6.20 Å². The van der Waals surface area contributed by atoms with Gasteiger partial charge in [-0.3, -0.25) is 0 Å². The van der Waals surface area contributed by atoms with Crippen LogP contribution in [0.15, 0.2) is 30.5 Å². The van der Waals surface area contributed by atoms with Crippen LogP contribution in [0.5, 0.6) is 5.75 Å². The predicted molar refractivity (Wildman–Crippen MR) is 72.1 cm³/mol. The maximum Gasteiger partial charge on any atom is 0.166 e. The number of hydrogen-bond donors (Lipinski definition) is 1. The van der Waals surface area contributed by atoms with Gasteiger partial charge in [-0.25, -0.2) is 0 Å². The van der Waals surface area contributed by atoms with Gasteiger partial charge in [0.2, 0.25) is 0 Å². The molecule has 1 aromatic heterocycles. The highest BCUT2D eigenvalue weighted by Crippen LogP contribution is 2.27. The quantitative estimate of drug-likeness (QED) is 0.928. The molecule has 0 saturated heterocycles. The van der Waals surface area contributed by atoms with E-state index in [2.05, 4.69) is 15.5 Å². The minimum Gasteiger partial charge on any atom is -0.496 e. The van der Waals surface area contributed by atoms with Gasteiger partial charge in [0.25, 0.3) is 0 Å². The van der Waals surface area contributed by atoms with Gasteiger partial charge >= 0.3 is 0 Å². The highest BCUT2D eigenvalue weighted by atomic mass is 35.5. The van der Waals surface area contributed by atoms with Crippen molar-refractivity contribution >= 4 is 17.4 Å². The molecule has 0 spiro atoms. The number of methoxy groups -OCH3 is 1. The molecule has 0 atom stereocenters. The number of nitriles is 1. The molecule has 2 rings (SSSR count). The van der Waals surface area contributed by atoms with E-state index in [4.69, 9.17) is 21.6 Å². The van der Waals surface area contributed by atoms with E-state index in [9.17, 15) is 0 Å². The normalized spacial score (nSPS) is 9.74. The fraction of sp³-hybridized carbons (Fsp3) is 0.154. The Kier molecular flexibility index (Phi) is 4.16. The van der Waals surface area contributed by atoms with E-state index in [1.807, 2.05) is 18.2 Å². The topological polar surface area (TPSA) is 70.8 Å². The van der Waals surface area contributed by atoms with E-state index in [0.717, 1.165) is 5.56 Å². The largest absolute Gasteiger partial charge is 0.496 e. The van der Waals surface area contributed by atoms with Crippen molar-refractivity contribution in [2.45, 2.75) is 6.54 Å². The van der Waals surface area contributed by atoms with Gasteiger partial charge in [0.05, 0.1) is 18.9 Å². The average Bonchev–Trinajstić information content (AvgIpc) is 2.46. The third-order valence-electron chi connectivity index (χ3n) is 2.57. The number of nitrogens with zero attached hydrogens (tertiary/aromatic N) is 3. The molecule has 19 heavy (non-hydrogen) atoms. The Bertz CT molecular complexity index is 624. The Morgan fingerprint density at radius 3 is 3.00 bits per heavy atom. The monoisotopic (exact) mass is 274 g/mol. The summed E-state index contributed by atoms with van der Waals surface area (Å²) in [7, 11) is 1.58. The Hall–Kier alpha value is -2.32. The van der Waals surface area contributed by atoms with Crippen molar-refractivity contribution in [1.82, 2.24) is 10.2 Å². The molecule has 0 aliphatic heterocycles. The average molecular weight is 275 g/mol. The molecule has 0 saturated carbocycles. The summed E-state index contributed by atoms with van der Waals surface area (Å²) in [4.78, 5) is 0. The molecule has 0 fully saturated rings. The first-order valence-electron chi connectivity index (χ1n) is 5.53. The van der Waals surface area contributed by atoms with Gasteiger partial charge in [0.1, 0.15) is 11.8 Å². The molecule has 0 amide bonds. The Labute approximate surface area is 115 Å². The number of aromatic nitrogens is 2. The first kappa shape index (κ1) is 13.1. The van der Waals surface area contributed by atoms with Crippen LogP contribution in [0.3, 0.4) is 0 Å². The third-order valence-corrected chi connectivity index (χ3v) is 2.92. The van der Waals surface area contributed by atoms with Crippen LogP contribution >= 0.6 is 11.6 Å². The van der Waals surface area contributed by atoms with Crippen molar-refractivity contribution in [3.8, 4) is 11.8 Å². The van der Waals surface area contributed by atoms with E-state index in [0.29, 0.717) is 28.7 Å². The van der Waals surface area contributed by atoms with Crippen LogP contribution in [0.4, 0.5) is 5.82 Å². The van der Waals surface area contributed by atoms with Gasteiger partial charge in [-0.15, -0.1) is 5.10 Å². The summed E-state index contributed by atoms with van der Waals surface area (Å²) >= 11 is 6.13. The molecule has 1 heterocycles. The molecule has 1 N–H and O–H groups in total. The fourth-order valence-corrected chi connectivity index (χ4v) is 1.86. The van der Waals surface area contributed by atoms with Crippen molar-refractivity contribution < 1.29 is 4.74 Å². The molecule has 96 valence electrons. The molecule has 2 aromatic rings. The van der Waals surface area contributed by atoms with Gasteiger partial charge < -0.3 is 10.1 Å². The van der Waals surface area contributed by atoms with Crippen LogP contribution in [-0.4, -0.2) is 17.3 Å². The molecule has 5 nitrogen and oxygen atoms in total. The molecule has 0 radical (unpaired) electrons. The summed E-state index contributed by atoms with van der Waals surface area (Å²) in [5.41, 5.74) is 1.24. The lowest BCUT2D eigenvalue weighted by atomic mass is 10.2. The second kappa shape index (κ2) is 6.03. The van der Waals surface area contributed by atoms with E-state index < -0.39 is 0 Å². The van der Waals surface area contributed by atoms with E-state index in [1.54, 1.807) is 19.2 Å². The zero-order valence-electron chi connectivity index (χ0n) is 10.2. The lowest BCUT2D eigenvalue weighted by Gasteiger charge is -2.11. The Morgan fingerprint density at radius 1 is 1.42 bits per heavy atom. The summed E-state index contributed by atoms with van der Waals surface area (Å²) in [6.07, 6.45) is 1.47. The molecule has 0 bridgehead atoms. The first-order valence-corrected chi connectivity index (χ1v) is 5.91. The van der Waals surface area contributed by atoms with Crippen LogP contribution in [0.25, 0.3) is 0 Å². The maximum absolute atomic E-state index is 8.96.